The number of hydrogen-bond acceptors (Lipinski definition) is 3. The smallest absolute Gasteiger partial charge is 0.508 e. The summed E-state index contributed by atoms with van der Waals surface area (Å²) < 4.78 is 5.72. The van der Waals surface area contributed by atoms with E-state index >= 15 is 0 Å². The molecule has 3 nitrogen and oxygen atoms in total. The number of phenols is 1. The van der Waals surface area contributed by atoms with Crippen molar-refractivity contribution in [2.24, 2.45) is 0 Å². The van der Waals surface area contributed by atoms with Crippen molar-refractivity contribution in [1.82, 2.24) is 0 Å². The molecule has 10 radical (unpaired) electrons. The van der Waals surface area contributed by atoms with Crippen LogP contribution in [0.4, 0.5) is 0 Å². The zero-order chi connectivity index (χ0) is 25.9. The van der Waals surface area contributed by atoms with Gasteiger partial charge in [0, 0.05) is 0 Å². The Labute approximate surface area is 238 Å². The number of allylic oxidation sites excluding steroid dienone is 1. The van der Waals surface area contributed by atoms with Gasteiger partial charge in [-0.1, -0.05) is 61.5 Å². The van der Waals surface area contributed by atoms with Gasteiger partial charge in [-0.25, -0.2) is 0 Å². The first-order valence-corrected chi connectivity index (χ1v) is 12.4. The number of ether oxygens (including phenoxy) is 1. The van der Waals surface area contributed by atoms with Gasteiger partial charge in [-0.2, -0.15) is 0 Å². The third-order valence-corrected chi connectivity index (χ3v) is 5.99. The summed E-state index contributed by atoms with van der Waals surface area (Å²) in [4.78, 5) is 12.2. The van der Waals surface area contributed by atoms with Crippen molar-refractivity contribution in [3.63, 3.8) is 0 Å². The number of benzene rings is 3. The fourth-order valence-corrected chi connectivity index (χ4v) is 4.14. The molecule has 4 heteroatoms. The van der Waals surface area contributed by atoms with E-state index in [1.54, 1.807) is 25.0 Å². The minimum absolute atomic E-state index is 0. The first-order chi connectivity index (χ1) is 18.2. The summed E-state index contributed by atoms with van der Waals surface area (Å²) in [5, 5.41) is 9.71. The Hall–Kier alpha value is -2.81. The molecule has 5 rings (SSSR count). The Bertz CT molecular complexity index is 1130. The molecule has 0 spiro atoms. The van der Waals surface area contributed by atoms with Crippen molar-refractivity contribution < 1.29 is 31.7 Å². The summed E-state index contributed by atoms with van der Waals surface area (Å²) in [5.74, 6) is 1.54. The largest absolute Gasteiger partial charge is 2.00 e. The molecule has 0 amide bonds. The summed E-state index contributed by atoms with van der Waals surface area (Å²) in [6.07, 6.45) is 18.1. The van der Waals surface area contributed by atoms with Crippen LogP contribution in [-0.4, -0.2) is 17.5 Å². The molecule has 2 aliphatic rings. The first kappa shape index (κ1) is 29.7. The second-order valence-electron chi connectivity index (χ2n) is 8.49. The Morgan fingerprint density at radius 3 is 1.76 bits per heavy atom. The molecule has 1 N–H and O–H groups in total. The maximum Gasteiger partial charge on any atom is 2.00 e. The van der Waals surface area contributed by atoms with Crippen LogP contribution >= 0.6 is 0 Å². The molecule has 0 atom stereocenters. The first-order valence-electron chi connectivity index (χ1n) is 12.4. The second-order valence-corrected chi connectivity index (χ2v) is 8.49. The number of phenolic OH excluding ortho intramolecular Hbond substituents is 1. The van der Waals surface area contributed by atoms with E-state index in [0.717, 1.165) is 28.7 Å². The van der Waals surface area contributed by atoms with Gasteiger partial charge in [-0.3, -0.25) is 4.79 Å². The molecular formula is C34H30FeO3+2. The number of ketones is 1. The van der Waals surface area contributed by atoms with Gasteiger partial charge in [0.25, 0.3) is 0 Å². The van der Waals surface area contributed by atoms with Crippen LogP contribution in [0.3, 0.4) is 0 Å². The van der Waals surface area contributed by atoms with Gasteiger partial charge in [0.05, 0.1) is 5.92 Å². The topological polar surface area (TPSA) is 46.5 Å². The van der Waals surface area contributed by atoms with Crippen LogP contribution in [0.15, 0.2) is 78.9 Å². The minimum Gasteiger partial charge on any atom is -0.508 e. The predicted molar refractivity (Wildman–Crippen MR) is 150 cm³/mol. The van der Waals surface area contributed by atoms with Gasteiger partial charge in [0.15, 0.2) is 5.78 Å². The number of carbonyl (C=O) groups is 1. The Morgan fingerprint density at radius 2 is 1.21 bits per heavy atom. The standard InChI is InChI=1S/C29H25O3.C5H5.Fe/c1-2-27(21-12-16-25(30)17-13-21)29(23-10-4-3-5-11-23)24-14-18-26(19-15-24)32-20-28(31)22-8-6-7-9-22;1-2-4-5-3-1;/h3-19,30H,2,20H2,1H3;1-5H;/q;;+2/b29-27-;;. The number of rotatable bonds is 8. The average molecular weight is 542 g/mol. The van der Waals surface area contributed by atoms with Gasteiger partial charge in [-0.15, -0.1) is 0 Å². The second kappa shape index (κ2) is 15.6. The molecule has 2 aliphatic carbocycles. The van der Waals surface area contributed by atoms with Crippen LogP contribution in [0.25, 0.3) is 11.1 Å². The fourth-order valence-electron chi connectivity index (χ4n) is 4.14. The minimum atomic E-state index is -0.0375. The van der Waals surface area contributed by atoms with Crippen LogP contribution in [0.1, 0.15) is 30.0 Å². The predicted octanol–water partition coefficient (Wildman–Crippen LogP) is 7.13. The van der Waals surface area contributed by atoms with E-state index in [1.165, 1.54) is 5.57 Å². The quantitative estimate of drug-likeness (QED) is 0.243. The summed E-state index contributed by atoms with van der Waals surface area (Å²) in [7, 11) is 0. The molecule has 0 aliphatic heterocycles. The Balaban J connectivity index is 0.000000598. The SMILES string of the molecule is CC/C(=C(\c1ccccc1)c1ccc(OCC(=O)[C]2[CH][CH][CH][CH]2)cc1)c1ccc(O)cc1.[CH]1[CH][CH][CH][CH]1.[Fe+2]. The van der Waals surface area contributed by atoms with E-state index in [4.69, 9.17) is 4.74 Å². The normalized spacial score (nSPS) is 15.6. The van der Waals surface area contributed by atoms with Crippen LogP contribution in [0.5, 0.6) is 11.5 Å². The molecule has 0 heterocycles. The molecule has 3 aromatic carbocycles. The number of hydrogen-bond donors (Lipinski definition) is 1. The van der Waals surface area contributed by atoms with E-state index < -0.39 is 0 Å². The molecule has 2 saturated carbocycles. The number of aromatic hydroxyl groups is 1. The Kier molecular flexibility index (Phi) is 12.2. The van der Waals surface area contributed by atoms with Gasteiger partial charge in [0.1, 0.15) is 18.1 Å². The molecule has 0 unspecified atom stereocenters. The van der Waals surface area contributed by atoms with Gasteiger partial charge in [0.2, 0.25) is 0 Å². The number of Topliss-reactive ketones (excluding diaryl/α,β-unsaturated/α-hetero) is 1. The van der Waals surface area contributed by atoms with Crippen molar-refractivity contribution in [1.29, 1.82) is 0 Å². The van der Waals surface area contributed by atoms with E-state index in [9.17, 15) is 9.90 Å². The van der Waals surface area contributed by atoms with Crippen LogP contribution < -0.4 is 4.74 Å². The molecule has 3 aromatic rings. The average Bonchev–Trinajstić information content (AvgIpc) is 3.70. The zero-order valence-corrected chi connectivity index (χ0v) is 22.3. The maximum atomic E-state index is 12.2. The molecule has 0 saturated heterocycles. The molecular weight excluding hydrogens is 512 g/mol. The molecule has 2 fully saturated rings. The summed E-state index contributed by atoms with van der Waals surface area (Å²) in [5.41, 5.74) is 5.59. The van der Waals surface area contributed by atoms with E-state index in [-0.39, 0.29) is 35.2 Å². The zero-order valence-electron chi connectivity index (χ0n) is 21.2. The van der Waals surface area contributed by atoms with E-state index in [1.807, 2.05) is 99.5 Å². The third kappa shape index (κ3) is 8.35. The summed E-state index contributed by atoms with van der Waals surface area (Å²) >= 11 is 0. The third-order valence-electron chi connectivity index (χ3n) is 5.99. The van der Waals surface area contributed by atoms with E-state index in [0.29, 0.717) is 11.7 Å². The van der Waals surface area contributed by atoms with Gasteiger partial charge < -0.3 is 9.84 Å². The van der Waals surface area contributed by atoms with Gasteiger partial charge >= 0.3 is 17.1 Å². The van der Waals surface area contributed by atoms with Crippen molar-refractivity contribution in [3.8, 4) is 11.5 Å². The fraction of sp³-hybridized carbons (Fsp3) is 0.0882. The monoisotopic (exact) mass is 542 g/mol. The van der Waals surface area contributed by atoms with Crippen LogP contribution in [-0.2, 0) is 21.9 Å². The van der Waals surface area contributed by atoms with Crippen molar-refractivity contribution in [2.45, 2.75) is 13.3 Å². The van der Waals surface area contributed by atoms with E-state index in [2.05, 4.69) is 19.1 Å². The van der Waals surface area contributed by atoms with Crippen LogP contribution in [0, 0.1) is 63.7 Å². The Morgan fingerprint density at radius 1 is 0.684 bits per heavy atom. The molecule has 190 valence electrons. The molecule has 0 bridgehead atoms. The van der Waals surface area contributed by atoms with Crippen molar-refractivity contribution >= 4 is 16.9 Å². The molecule has 38 heavy (non-hydrogen) atoms. The number of carbonyl (C=O) groups excluding carboxylic acids is 1. The van der Waals surface area contributed by atoms with Crippen LogP contribution in [0.2, 0.25) is 0 Å². The summed E-state index contributed by atoms with van der Waals surface area (Å²) in [6.45, 7) is 2.15. The maximum absolute atomic E-state index is 12.2. The van der Waals surface area contributed by atoms with Crippen molar-refractivity contribution in [3.05, 3.63) is 159 Å². The van der Waals surface area contributed by atoms with Crippen molar-refractivity contribution in [2.75, 3.05) is 6.61 Å². The van der Waals surface area contributed by atoms with Gasteiger partial charge in [-0.05, 0) is 116 Å². The summed E-state index contributed by atoms with van der Waals surface area (Å²) in [6, 6.07) is 25.5. The molecule has 0 aromatic heterocycles.